The molecule has 0 unspecified atom stereocenters. The van der Waals surface area contributed by atoms with E-state index in [0.29, 0.717) is 20.6 Å². The molecule has 1 aromatic carbocycles. The molecule has 1 aromatic rings. The van der Waals surface area contributed by atoms with E-state index in [9.17, 15) is 0 Å². The monoisotopic (exact) mass is 240 g/mol. The van der Waals surface area contributed by atoms with Gasteiger partial charge in [0, 0.05) is 4.47 Å². The number of hydrogen-bond donors (Lipinski definition) is 0. The lowest BCUT2D eigenvalue weighted by molar-refractivity contribution is 1.43. The van der Waals surface area contributed by atoms with Crippen molar-refractivity contribution in [1.29, 1.82) is 10.5 Å². The molecule has 0 radical (unpaired) electrons. The maximum atomic E-state index is 8.60. The summed E-state index contributed by atoms with van der Waals surface area (Å²) in [6.07, 6.45) is 0. The van der Waals surface area contributed by atoms with Crippen molar-refractivity contribution >= 4 is 27.5 Å². The molecule has 0 saturated carbocycles. The summed E-state index contributed by atoms with van der Waals surface area (Å²) in [7, 11) is 0. The molecule has 0 saturated heterocycles. The first-order valence-corrected chi connectivity index (χ1v) is 4.15. The highest BCUT2D eigenvalue weighted by Crippen LogP contribution is 2.27. The summed E-state index contributed by atoms with van der Waals surface area (Å²) in [5.74, 6) is 0. The van der Waals surface area contributed by atoms with Gasteiger partial charge in [-0.3, -0.25) is 0 Å². The second-order valence-electron chi connectivity index (χ2n) is 2.04. The van der Waals surface area contributed by atoms with Crippen LogP contribution in [-0.4, -0.2) is 0 Å². The SMILES string of the molecule is N#Cc1cc(Br)c(Cl)c(C#N)c1. The van der Waals surface area contributed by atoms with Gasteiger partial charge in [0.05, 0.1) is 22.2 Å². The number of nitriles is 2. The van der Waals surface area contributed by atoms with E-state index in [1.807, 2.05) is 12.1 Å². The van der Waals surface area contributed by atoms with E-state index in [0.717, 1.165) is 0 Å². The maximum Gasteiger partial charge on any atom is 0.101 e. The van der Waals surface area contributed by atoms with Crippen LogP contribution in [0.25, 0.3) is 0 Å². The van der Waals surface area contributed by atoms with Gasteiger partial charge >= 0.3 is 0 Å². The van der Waals surface area contributed by atoms with Gasteiger partial charge in [-0.1, -0.05) is 11.6 Å². The molecule has 58 valence electrons. The van der Waals surface area contributed by atoms with Crippen LogP contribution in [0.2, 0.25) is 5.02 Å². The minimum Gasteiger partial charge on any atom is -0.192 e. The summed E-state index contributed by atoms with van der Waals surface area (Å²) in [6, 6.07) is 6.85. The van der Waals surface area contributed by atoms with E-state index >= 15 is 0 Å². The van der Waals surface area contributed by atoms with Crippen molar-refractivity contribution in [3.05, 3.63) is 32.8 Å². The normalized spacial score (nSPS) is 8.67. The van der Waals surface area contributed by atoms with E-state index in [1.165, 1.54) is 6.07 Å². The Hall–Kier alpha value is -1.03. The van der Waals surface area contributed by atoms with E-state index < -0.39 is 0 Å². The summed E-state index contributed by atoms with van der Waals surface area (Å²) >= 11 is 8.89. The third kappa shape index (κ3) is 1.58. The standard InChI is InChI=1S/C8H2BrClN2/c9-7-2-5(3-11)1-6(4-12)8(7)10/h1-2H. The Labute approximate surface area is 83.1 Å². The first-order chi connectivity index (χ1) is 5.69. The first-order valence-electron chi connectivity index (χ1n) is 2.98. The average molecular weight is 241 g/mol. The molecule has 0 amide bonds. The molecular formula is C8H2BrClN2. The molecule has 0 N–H and O–H groups in total. The lowest BCUT2D eigenvalue weighted by atomic mass is 10.1. The van der Waals surface area contributed by atoms with Crippen LogP contribution >= 0.6 is 27.5 Å². The largest absolute Gasteiger partial charge is 0.192 e. The minimum absolute atomic E-state index is 0.308. The highest BCUT2D eigenvalue weighted by atomic mass is 79.9. The Balaban J connectivity index is 3.44. The summed E-state index contributed by atoms with van der Waals surface area (Å²) in [5, 5.41) is 17.5. The Bertz CT molecular complexity index is 401. The molecule has 0 fully saturated rings. The fraction of sp³-hybridized carbons (Fsp3) is 0. The van der Waals surface area contributed by atoms with Gasteiger partial charge in [-0.25, -0.2) is 0 Å². The van der Waals surface area contributed by atoms with E-state index in [1.54, 1.807) is 6.07 Å². The predicted molar refractivity (Wildman–Crippen MR) is 48.6 cm³/mol. The summed E-state index contributed by atoms with van der Waals surface area (Å²) in [5.41, 5.74) is 0.727. The molecule has 0 aliphatic heterocycles. The fourth-order valence-corrected chi connectivity index (χ4v) is 1.35. The molecule has 2 nitrogen and oxygen atoms in total. The van der Waals surface area contributed by atoms with Crippen LogP contribution < -0.4 is 0 Å². The Morgan fingerprint density at radius 2 is 1.92 bits per heavy atom. The first kappa shape index (κ1) is 9.06. The number of halogens is 2. The molecule has 0 bridgehead atoms. The molecule has 0 aliphatic rings. The highest BCUT2D eigenvalue weighted by Gasteiger charge is 2.05. The molecule has 12 heavy (non-hydrogen) atoms. The van der Waals surface area contributed by atoms with Crippen LogP contribution in [0.1, 0.15) is 11.1 Å². The Kier molecular flexibility index (Phi) is 2.70. The summed E-state index contributed by atoms with van der Waals surface area (Å²) < 4.78 is 0.569. The van der Waals surface area contributed by atoms with Crippen molar-refractivity contribution in [2.24, 2.45) is 0 Å². The number of hydrogen-bond acceptors (Lipinski definition) is 2. The van der Waals surface area contributed by atoms with Crippen LogP contribution in [0.4, 0.5) is 0 Å². The van der Waals surface area contributed by atoms with Gasteiger partial charge < -0.3 is 0 Å². The lowest BCUT2D eigenvalue weighted by Gasteiger charge is -1.97. The van der Waals surface area contributed by atoms with E-state index in [4.69, 9.17) is 22.1 Å². The van der Waals surface area contributed by atoms with Crippen LogP contribution in [-0.2, 0) is 0 Å². The number of nitrogens with zero attached hydrogens (tertiary/aromatic N) is 2. The van der Waals surface area contributed by atoms with Crippen molar-refractivity contribution in [2.45, 2.75) is 0 Å². The van der Waals surface area contributed by atoms with Gasteiger partial charge in [-0.15, -0.1) is 0 Å². The van der Waals surface area contributed by atoms with Gasteiger partial charge in [0.15, 0.2) is 0 Å². The zero-order chi connectivity index (χ0) is 9.14. The number of benzene rings is 1. The van der Waals surface area contributed by atoms with Crippen LogP contribution in [0, 0.1) is 22.7 Å². The molecule has 0 aliphatic carbocycles. The highest BCUT2D eigenvalue weighted by molar-refractivity contribution is 9.10. The molecule has 0 spiro atoms. The molecule has 0 aromatic heterocycles. The van der Waals surface area contributed by atoms with Crippen molar-refractivity contribution in [1.82, 2.24) is 0 Å². The van der Waals surface area contributed by atoms with Crippen LogP contribution in [0.15, 0.2) is 16.6 Å². The van der Waals surface area contributed by atoms with Crippen LogP contribution in [0.5, 0.6) is 0 Å². The Morgan fingerprint density at radius 1 is 1.25 bits per heavy atom. The topological polar surface area (TPSA) is 47.6 Å². The fourth-order valence-electron chi connectivity index (χ4n) is 0.735. The zero-order valence-electron chi connectivity index (χ0n) is 5.81. The van der Waals surface area contributed by atoms with Crippen molar-refractivity contribution in [2.75, 3.05) is 0 Å². The van der Waals surface area contributed by atoms with Gasteiger partial charge in [0.1, 0.15) is 6.07 Å². The number of rotatable bonds is 0. The van der Waals surface area contributed by atoms with E-state index in [2.05, 4.69) is 15.9 Å². The van der Waals surface area contributed by atoms with E-state index in [-0.39, 0.29) is 0 Å². The average Bonchev–Trinajstić information content (AvgIpc) is 2.09. The quantitative estimate of drug-likeness (QED) is 0.701. The smallest absolute Gasteiger partial charge is 0.101 e. The third-order valence-electron chi connectivity index (χ3n) is 1.28. The molecule has 0 atom stereocenters. The molecule has 0 heterocycles. The minimum atomic E-state index is 0.308. The van der Waals surface area contributed by atoms with Crippen LogP contribution in [0.3, 0.4) is 0 Å². The Morgan fingerprint density at radius 3 is 2.42 bits per heavy atom. The lowest BCUT2D eigenvalue weighted by Crippen LogP contribution is -1.82. The van der Waals surface area contributed by atoms with Gasteiger partial charge in [-0.2, -0.15) is 10.5 Å². The van der Waals surface area contributed by atoms with Crippen molar-refractivity contribution in [3.8, 4) is 12.1 Å². The summed E-state index contributed by atoms with van der Waals surface area (Å²) in [6.45, 7) is 0. The summed E-state index contributed by atoms with van der Waals surface area (Å²) in [4.78, 5) is 0. The van der Waals surface area contributed by atoms with Crippen molar-refractivity contribution < 1.29 is 0 Å². The predicted octanol–water partition coefficient (Wildman–Crippen LogP) is 2.85. The van der Waals surface area contributed by atoms with Gasteiger partial charge in [0.25, 0.3) is 0 Å². The zero-order valence-corrected chi connectivity index (χ0v) is 8.15. The second kappa shape index (κ2) is 3.58. The third-order valence-corrected chi connectivity index (χ3v) is 2.54. The molecular weight excluding hydrogens is 239 g/mol. The molecule has 1 rings (SSSR count). The van der Waals surface area contributed by atoms with Gasteiger partial charge in [0.2, 0.25) is 0 Å². The van der Waals surface area contributed by atoms with Crippen molar-refractivity contribution in [3.63, 3.8) is 0 Å². The molecule has 4 heteroatoms. The van der Waals surface area contributed by atoms with Gasteiger partial charge in [-0.05, 0) is 28.1 Å². The second-order valence-corrected chi connectivity index (χ2v) is 3.28. The maximum absolute atomic E-state index is 8.60.